The molecule has 1 aromatic rings. The number of piperazine rings is 2. The van der Waals surface area contributed by atoms with E-state index in [0.717, 1.165) is 25.7 Å². The Hall–Kier alpha value is -2.98. The van der Waals surface area contributed by atoms with Crippen molar-refractivity contribution in [1.82, 2.24) is 30.2 Å². The number of rotatable bonds is 8. The molecule has 10 nitrogen and oxygen atoms in total. The molecule has 2 saturated carbocycles. The first-order valence-corrected chi connectivity index (χ1v) is 13.2. The van der Waals surface area contributed by atoms with Gasteiger partial charge in [-0.25, -0.2) is 0 Å². The van der Waals surface area contributed by atoms with Crippen molar-refractivity contribution < 1.29 is 19.2 Å². The maximum absolute atomic E-state index is 13.0. The van der Waals surface area contributed by atoms with Crippen LogP contribution in [0.15, 0.2) is 24.3 Å². The number of nitrogens with zero attached hydrogens (tertiary/aromatic N) is 4. The van der Waals surface area contributed by atoms with Gasteiger partial charge in [0.2, 0.25) is 11.8 Å². The highest BCUT2D eigenvalue weighted by atomic mass is 16.2. The Bertz CT molecular complexity index is 896. The normalized spacial score (nSPS) is 21.2. The lowest BCUT2D eigenvalue weighted by molar-refractivity contribution is -0.123. The molecule has 0 radical (unpaired) electrons. The standard InChI is InChI=1S/C26H36N6O4/c33-23(27-21-5-6-21)17-29-9-13-31(14-10-29)25(35)19-1-2-20(4-3-19)26(36)32-15-11-30(12-16-32)18-24(34)28-22-7-8-22/h1-4,21-22H,5-18H2,(H,27,33)(H,28,34). The zero-order valence-corrected chi connectivity index (χ0v) is 20.8. The van der Waals surface area contributed by atoms with E-state index in [9.17, 15) is 19.2 Å². The zero-order chi connectivity index (χ0) is 25.1. The SMILES string of the molecule is O=C(CN1CCN(C(=O)c2ccc(C(=O)N3CCN(CC(=O)NC4CC4)CC3)cc2)CC1)NC1CC1. The Morgan fingerprint density at radius 1 is 0.583 bits per heavy atom. The van der Waals surface area contributed by atoms with E-state index >= 15 is 0 Å². The summed E-state index contributed by atoms with van der Waals surface area (Å²) in [6, 6.07) is 7.63. The molecule has 194 valence electrons. The molecule has 0 unspecified atom stereocenters. The van der Waals surface area contributed by atoms with Crippen LogP contribution in [0.2, 0.25) is 0 Å². The number of amides is 4. The van der Waals surface area contributed by atoms with Crippen molar-refractivity contribution in [3.63, 3.8) is 0 Å². The average molecular weight is 497 g/mol. The second kappa shape index (κ2) is 11.0. The summed E-state index contributed by atoms with van der Waals surface area (Å²) in [5, 5.41) is 6.01. The second-order valence-corrected chi connectivity index (χ2v) is 10.4. The maximum atomic E-state index is 13.0. The fourth-order valence-electron chi connectivity index (χ4n) is 4.75. The largest absolute Gasteiger partial charge is 0.352 e. The van der Waals surface area contributed by atoms with E-state index in [1.807, 2.05) is 9.80 Å². The van der Waals surface area contributed by atoms with E-state index in [-0.39, 0.29) is 23.6 Å². The molecule has 2 heterocycles. The van der Waals surface area contributed by atoms with E-state index in [1.165, 1.54) is 0 Å². The van der Waals surface area contributed by atoms with Crippen LogP contribution in [0.25, 0.3) is 0 Å². The van der Waals surface area contributed by atoms with Gasteiger partial charge in [0.1, 0.15) is 0 Å². The van der Waals surface area contributed by atoms with Crippen LogP contribution in [0, 0.1) is 0 Å². The lowest BCUT2D eigenvalue weighted by Crippen LogP contribution is -2.51. The highest BCUT2D eigenvalue weighted by Crippen LogP contribution is 2.19. The molecule has 4 fully saturated rings. The van der Waals surface area contributed by atoms with Gasteiger partial charge in [-0.2, -0.15) is 0 Å². The van der Waals surface area contributed by atoms with Gasteiger partial charge in [0.25, 0.3) is 11.8 Å². The topological polar surface area (TPSA) is 105 Å². The zero-order valence-electron chi connectivity index (χ0n) is 20.8. The quantitative estimate of drug-likeness (QED) is 0.515. The predicted molar refractivity (Wildman–Crippen MR) is 133 cm³/mol. The van der Waals surface area contributed by atoms with Crippen LogP contribution in [0.1, 0.15) is 46.4 Å². The molecule has 4 aliphatic rings. The van der Waals surface area contributed by atoms with Gasteiger partial charge in [0, 0.05) is 75.6 Å². The smallest absolute Gasteiger partial charge is 0.253 e. The van der Waals surface area contributed by atoms with Crippen LogP contribution in [0.3, 0.4) is 0 Å². The molecule has 10 heteroatoms. The third kappa shape index (κ3) is 6.61. The van der Waals surface area contributed by atoms with Crippen molar-refractivity contribution >= 4 is 23.6 Å². The summed E-state index contributed by atoms with van der Waals surface area (Å²) in [6.07, 6.45) is 4.32. The van der Waals surface area contributed by atoms with E-state index in [1.54, 1.807) is 24.3 Å². The Balaban J connectivity index is 1.05. The summed E-state index contributed by atoms with van der Waals surface area (Å²) in [4.78, 5) is 57.7. The highest BCUT2D eigenvalue weighted by Gasteiger charge is 2.28. The average Bonchev–Trinajstić information content (AvgIpc) is 3.82. The summed E-state index contributed by atoms with van der Waals surface area (Å²) in [5.74, 6) is 0.0411. The van der Waals surface area contributed by atoms with E-state index in [2.05, 4.69) is 20.4 Å². The summed E-state index contributed by atoms with van der Waals surface area (Å²) < 4.78 is 0. The second-order valence-electron chi connectivity index (χ2n) is 10.4. The van der Waals surface area contributed by atoms with Gasteiger partial charge >= 0.3 is 0 Å². The molecule has 4 amide bonds. The number of nitrogens with one attached hydrogen (secondary N) is 2. The Morgan fingerprint density at radius 2 is 0.917 bits per heavy atom. The minimum Gasteiger partial charge on any atom is -0.352 e. The lowest BCUT2D eigenvalue weighted by Gasteiger charge is -2.34. The Labute approximate surface area is 211 Å². The molecule has 0 aromatic heterocycles. The predicted octanol–water partition coefficient (Wildman–Crippen LogP) is -0.241. The molecule has 1 aromatic carbocycles. The number of hydrogen-bond acceptors (Lipinski definition) is 6. The summed E-state index contributed by atoms with van der Waals surface area (Å²) in [7, 11) is 0. The highest BCUT2D eigenvalue weighted by molar-refractivity contribution is 5.98. The maximum Gasteiger partial charge on any atom is 0.253 e. The van der Waals surface area contributed by atoms with E-state index in [4.69, 9.17) is 0 Å². The third-order valence-electron chi connectivity index (χ3n) is 7.32. The molecule has 2 saturated heterocycles. The van der Waals surface area contributed by atoms with Crippen molar-refractivity contribution in [2.24, 2.45) is 0 Å². The van der Waals surface area contributed by atoms with Gasteiger partial charge < -0.3 is 20.4 Å². The summed E-state index contributed by atoms with van der Waals surface area (Å²) >= 11 is 0. The fourth-order valence-corrected chi connectivity index (χ4v) is 4.75. The molecule has 2 aliphatic carbocycles. The van der Waals surface area contributed by atoms with Gasteiger partial charge in [0.05, 0.1) is 13.1 Å². The first-order valence-electron chi connectivity index (χ1n) is 13.2. The van der Waals surface area contributed by atoms with Crippen LogP contribution in [0.4, 0.5) is 0 Å². The minimum absolute atomic E-state index is 0.0471. The monoisotopic (exact) mass is 496 g/mol. The molecular weight excluding hydrogens is 460 g/mol. The number of hydrogen-bond donors (Lipinski definition) is 2. The summed E-state index contributed by atoms with van der Waals surface area (Å²) in [5.41, 5.74) is 1.14. The molecule has 5 rings (SSSR count). The fraction of sp³-hybridized carbons (Fsp3) is 0.615. The third-order valence-corrected chi connectivity index (χ3v) is 7.32. The van der Waals surface area contributed by atoms with E-state index < -0.39 is 0 Å². The van der Waals surface area contributed by atoms with Gasteiger partial charge in [-0.15, -0.1) is 0 Å². The molecular formula is C26H36N6O4. The molecule has 2 N–H and O–H groups in total. The van der Waals surface area contributed by atoms with Gasteiger partial charge in [0.15, 0.2) is 0 Å². The van der Waals surface area contributed by atoms with Crippen LogP contribution >= 0.6 is 0 Å². The molecule has 2 aliphatic heterocycles. The van der Waals surface area contributed by atoms with Crippen molar-refractivity contribution in [3.8, 4) is 0 Å². The van der Waals surface area contributed by atoms with Gasteiger partial charge in [-0.3, -0.25) is 29.0 Å². The number of carbonyl (C=O) groups excluding carboxylic acids is 4. The molecule has 0 spiro atoms. The number of carbonyl (C=O) groups is 4. The number of benzene rings is 1. The van der Waals surface area contributed by atoms with Crippen molar-refractivity contribution in [2.45, 2.75) is 37.8 Å². The molecule has 36 heavy (non-hydrogen) atoms. The first-order chi connectivity index (χ1) is 17.4. The van der Waals surface area contributed by atoms with Crippen LogP contribution in [0.5, 0.6) is 0 Å². The van der Waals surface area contributed by atoms with Gasteiger partial charge in [-0.1, -0.05) is 0 Å². The summed E-state index contributed by atoms with van der Waals surface area (Å²) in [6.45, 7) is 5.80. The van der Waals surface area contributed by atoms with Crippen molar-refractivity contribution in [3.05, 3.63) is 35.4 Å². The van der Waals surface area contributed by atoms with Crippen LogP contribution in [-0.4, -0.2) is 121 Å². The van der Waals surface area contributed by atoms with Crippen molar-refractivity contribution in [2.75, 3.05) is 65.4 Å². The minimum atomic E-state index is -0.0471. The van der Waals surface area contributed by atoms with Gasteiger partial charge in [-0.05, 0) is 49.9 Å². The van der Waals surface area contributed by atoms with Crippen molar-refractivity contribution in [1.29, 1.82) is 0 Å². The Kier molecular flexibility index (Phi) is 7.52. The molecule has 0 bridgehead atoms. The van der Waals surface area contributed by atoms with Crippen LogP contribution in [-0.2, 0) is 9.59 Å². The Morgan fingerprint density at radius 3 is 1.22 bits per heavy atom. The van der Waals surface area contributed by atoms with Crippen LogP contribution < -0.4 is 10.6 Å². The lowest BCUT2D eigenvalue weighted by atomic mass is 10.1. The first kappa shape index (κ1) is 24.7. The van der Waals surface area contributed by atoms with E-state index in [0.29, 0.717) is 88.7 Å². The molecule has 0 atom stereocenters.